The summed E-state index contributed by atoms with van der Waals surface area (Å²) in [5, 5.41) is 6.47. The third-order valence-electron chi connectivity index (χ3n) is 3.92. The van der Waals surface area contributed by atoms with Gasteiger partial charge >= 0.3 is 18.4 Å². The summed E-state index contributed by atoms with van der Waals surface area (Å²) in [4.78, 5) is 35.2. The molecule has 34 heavy (non-hydrogen) atoms. The van der Waals surface area contributed by atoms with Gasteiger partial charge in [-0.15, -0.1) is 0 Å². The number of hydrogen-bond donors (Lipinski definition) is 2. The van der Waals surface area contributed by atoms with Crippen LogP contribution in [0.5, 0.6) is 0 Å². The van der Waals surface area contributed by atoms with E-state index < -0.39 is 23.5 Å². The van der Waals surface area contributed by atoms with E-state index in [0.29, 0.717) is 0 Å². The lowest BCUT2D eigenvalue weighted by atomic mass is 10.2. The van der Waals surface area contributed by atoms with Crippen molar-refractivity contribution in [3.8, 4) is 0 Å². The second-order valence-corrected chi connectivity index (χ2v) is 11.1. The summed E-state index contributed by atoms with van der Waals surface area (Å²) in [5.41, 5.74) is -1.78. The zero-order valence-corrected chi connectivity index (χ0v) is 22.7. The lowest BCUT2D eigenvalue weighted by molar-refractivity contribution is -0.0294. The van der Waals surface area contributed by atoms with Crippen LogP contribution in [0.2, 0.25) is 0 Å². The molecule has 2 saturated heterocycles. The van der Waals surface area contributed by atoms with E-state index in [9.17, 15) is 14.4 Å². The van der Waals surface area contributed by atoms with Crippen LogP contribution in [0.1, 0.15) is 81.6 Å². The van der Waals surface area contributed by atoms with Gasteiger partial charge < -0.3 is 34.5 Å². The van der Waals surface area contributed by atoms with Crippen LogP contribution < -0.4 is 10.6 Å². The van der Waals surface area contributed by atoms with Crippen molar-refractivity contribution in [2.45, 2.75) is 98.4 Å². The summed E-state index contributed by atoms with van der Waals surface area (Å²) in [6, 6.07) is 0. The lowest BCUT2D eigenvalue weighted by Crippen LogP contribution is -2.48. The molecule has 0 aliphatic carbocycles. The number of rotatable bonds is 0. The number of nitrogens with one attached hydrogen (secondary N) is 2. The number of amides is 1. The molecule has 0 saturated carbocycles. The Hall–Kier alpha value is -2.07. The molecule has 0 aromatic heterocycles. The fourth-order valence-corrected chi connectivity index (χ4v) is 2.59. The van der Waals surface area contributed by atoms with Crippen molar-refractivity contribution in [2.75, 3.05) is 39.3 Å². The Balaban J connectivity index is 0.000000518. The van der Waals surface area contributed by atoms with Crippen molar-refractivity contribution in [2.24, 2.45) is 0 Å². The number of ether oxygens (including phenoxy) is 4. The van der Waals surface area contributed by atoms with Crippen LogP contribution in [0.3, 0.4) is 0 Å². The molecule has 1 amide bonds. The Morgan fingerprint density at radius 2 is 0.971 bits per heavy atom. The molecule has 2 N–H and O–H groups in total. The minimum Gasteiger partial charge on any atom is -0.444 e. The molecule has 0 radical (unpaired) electrons. The zero-order chi connectivity index (χ0) is 26.4. The van der Waals surface area contributed by atoms with Gasteiger partial charge in [-0.3, -0.25) is 0 Å². The van der Waals surface area contributed by atoms with E-state index in [4.69, 9.17) is 14.2 Å². The van der Waals surface area contributed by atoms with E-state index in [1.165, 1.54) is 32.4 Å². The molecule has 10 heteroatoms. The average molecular weight is 490 g/mol. The first-order chi connectivity index (χ1) is 15.5. The van der Waals surface area contributed by atoms with Crippen LogP contribution in [-0.4, -0.2) is 79.4 Å². The van der Waals surface area contributed by atoms with E-state index in [1.54, 1.807) is 46.4 Å². The Kier molecular flexibility index (Phi) is 14.1. The van der Waals surface area contributed by atoms with E-state index in [2.05, 4.69) is 15.4 Å². The molecule has 2 fully saturated rings. The fourth-order valence-electron chi connectivity index (χ4n) is 2.59. The third kappa shape index (κ3) is 20.5. The van der Waals surface area contributed by atoms with Gasteiger partial charge in [-0.25, -0.2) is 14.4 Å². The fraction of sp³-hybridized carbons (Fsp3) is 0.875. The highest BCUT2D eigenvalue weighted by Gasteiger charge is 2.24. The molecule has 0 spiro atoms. The third-order valence-corrected chi connectivity index (χ3v) is 3.92. The molecule has 200 valence electrons. The molecule has 10 nitrogen and oxygen atoms in total. The molecule has 0 aromatic rings. The van der Waals surface area contributed by atoms with Crippen LogP contribution in [0.15, 0.2) is 0 Å². The number of hydrogen-bond acceptors (Lipinski definition) is 9. The van der Waals surface area contributed by atoms with Crippen molar-refractivity contribution in [1.82, 2.24) is 15.5 Å². The molecule has 0 aromatic carbocycles. The van der Waals surface area contributed by atoms with Crippen LogP contribution in [0.4, 0.5) is 14.4 Å². The minimum atomic E-state index is -1.06. The molecule has 2 rings (SSSR count). The van der Waals surface area contributed by atoms with Crippen molar-refractivity contribution < 1.29 is 33.3 Å². The maximum atomic E-state index is 11.5. The smallest absolute Gasteiger partial charge is 0.444 e. The molecule has 2 aliphatic rings. The first-order valence-electron chi connectivity index (χ1n) is 12.0. The summed E-state index contributed by atoms with van der Waals surface area (Å²) in [6.07, 6.45) is 1.90. The summed E-state index contributed by atoms with van der Waals surface area (Å²) in [7, 11) is 0. The molecule has 0 atom stereocenters. The number of piperazine rings is 1. The highest BCUT2D eigenvalue weighted by Crippen LogP contribution is 2.12. The van der Waals surface area contributed by atoms with Crippen LogP contribution in [-0.2, 0) is 18.9 Å². The summed E-state index contributed by atoms with van der Waals surface area (Å²) in [5.74, 6) is 0. The largest absolute Gasteiger partial charge is 0.519 e. The molecule has 2 aliphatic heterocycles. The van der Waals surface area contributed by atoms with Crippen LogP contribution >= 0.6 is 0 Å². The van der Waals surface area contributed by atoms with Gasteiger partial charge in [-0.2, -0.15) is 0 Å². The van der Waals surface area contributed by atoms with Gasteiger partial charge in [0.05, 0.1) is 0 Å². The first-order valence-corrected chi connectivity index (χ1v) is 12.0. The second-order valence-electron chi connectivity index (χ2n) is 11.1. The second kappa shape index (κ2) is 15.0. The predicted octanol–water partition coefficient (Wildman–Crippen LogP) is 4.46. The SMILES string of the molecule is C1CCNCC1.CC(C)(C)OC(=O)N1CCNCC1.CC(C)(C)OC(=O)OC(=O)OC(C)(C)C. The molecular weight excluding hydrogens is 442 g/mol. The molecule has 0 bridgehead atoms. The number of carbonyl (C=O) groups excluding carboxylic acids is 3. The van der Waals surface area contributed by atoms with Crippen LogP contribution in [0.25, 0.3) is 0 Å². The van der Waals surface area contributed by atoms with Gasteiger partial charge in [0.2, 0.25) is 0 Å². The molecule has 0 unspecified atom stereocenters. The van der Waals surface area contributed by atoms with E-state index >= 15 is 0 Å². The van der Waals surface area contributed by atoms with Gasteiger partial charge in [-0.1, -0.05) is 6.42 Å². The minimum absolute atomic E-state index is 0.200. The van der Waals surface area contributed by atoms with E-state index in [0.717, 1.165) is 26.2 Å². The summed E-state index contributed by atoms with van der Waals surface area (Å²) >= 11 is 0. The number of piperidine rings is 1. The van der Waals surface area contributed by atoms with Gasteiger partial charge in [0.15, 0.2) is 0 Å². The average Bonchev–Trinajstić information content (AvgIpc) is 2.66. The Morgan fingerprint density at radius 1 is 0.588 bits per heavy atom. The first kappa shape index (κ1) is 31.9. The normalized spacial score (nSPS) is 16.6. The topological polar surface area (TPSA) is 115 Å². The Bertz CT molecular complexity index is 572. The number of carbonyl (C=O) groups is 3. The maximum absolute atomic E-state index is 11.5. The highest BCUT2D eigenvalue weighted by molar-refractivity contribution is 5.77. The van der Waals surface area contributed by atoms with Gasteiger partial charge in [0.1, 0.15) is 16.8 Å². The van der Waals surface area contributed by atoms with Crippen molar-refractivity contribution in [1.29, 1.82) is 0 Å². The molecular formula is C24H47N3O7. The number of nitrogens with zero attached hydrogens (tertiary/aromatic N) is 1. The highest BCUT2D eigenvalue weighted by atomic mass is 16.8. The maximum Gasteiger partial charge on any atom is 0.519 e. The Labute approximate surface area is 205 Å². The van der Waals surface area contributed by atoms with Crippen molar-refractivity contribution >= 4 is 18.4 Å². The van der Waals surface area contributed by atoms with Crippen molar-refractivity contribution in [3.05, 3.63) is 0 Å². The summed E-state index contributed by atoms with van der Waals surface area (Å²) in [6.45, 7) is 21.4. The quantitative estimate of drug-likeness (QED) is 0.289. The zero-order valence-electron chi connectivity index (χ0n) is 22.7. The van der Waals surface area contributed by atoms with Crippen molar-refractivity contribution in [3.63, 3.8) is 0 Å². The van der Waals surface area contributed by atoms with E-state index in [-0.39, 0.29) is 11.7 Å². The summed E-state index contributed by atoms with van der Waals surface area (Å²) < 4.78 is 19.0. The van der Waals surface area contributed by atoms with Crippen LogP contribution in [0, 0.1) is 0 Å². The van der Waals surface area contributed by atoms with Gasteiger partial charge in [0, 0.05) is 26.2 Å². The molecule has 2 heterocycles. The predicted molar refractivity (Wildman–Crippen MR) is 131 cm³/mol. The lowest BCUT2D eigenvalue weighted by Gasteiger charge is -2.30. The van der Waals surface area contributed by atoms with Gasteiger partial charge in [0.25, 0.3) is 0 Å². The standard InChI is InChI=1S/C10H18O5.C9H18N2O2.C5H11N/c1-9(2,3)14-7(11)13-8(12)15-10(4,5)6;1-9(2,3)13-8(12)11-6-4-10-5-7-11;1-2-4-6-5-3-1/h1-6H3;10H,4-7H2,1-3H3;6H,1-5H2. The van der Waals surface area contributed by atoms with E-state index in [1.807, 2.05) is 20.8 Å². The Morgan fingerprint density at radius 3 is 1.26 bits per heavy atom. The monoisotopic (exact) mass is 489 g/mol. The van der Waals surface area contributed by atoms with Gasteiger partial charge in [-0.05, 0) is 88.2 Å².